The molecule has 0 unspecified atom stereocenters. The lowest BCUT2D eigenvalue weighted by atomic mass is 10.0. The molecular weight excluding hydrogens is 198 g/mol. The Morgan fingerprint density at radius 3 is 2.88 bits per heavy atom. The van der Waals surface area contributed by atoms with E-state index in [1.807, 2.05) is 18.5 Å². The van der Waals surface area contributed by atoms with E-state index in [0.717, 1.165) is 26.2 Å². The first-order chi connectivity index (χ1) is 7.75. The molecule has 0 atom stereocenters. The fourth-order valence-electron chi connectivity index (χ4n) is 1.93. The van der Waals surface area contributed by atoms with Gasteiger partial charge in [0, 0.05) is 38.6 Å². The SMILES string of the molecule is CC(CN(C)Cc1cccnc1)=C1CNC1. The highest BCUT2D eigenvalue weighted by Gasteiger charge is 2.11. The summed E-state index contributed by atoms with van der Waals surface area (Å²) < 4.78 is 0. The molecule has 1 aromatic heterocycles. The second kappa shape index (κ2) is 5.23. The van der Waals surface area contributed by atoms with Crippen LogP contribution in [0.3, 0.4) is 0 Å². The lowest BCUT2D eigenvalue weighted by Crippen LogP contribution is -2.36. The predicted octanol–water partition coefficient (Wildman–Crippen LogP) is 1.43. The Bertz CT molecular complexity index is 364. The molecule has 0 radical (unpaired) electrons. The number of rotatable bonds is 4. The van der Waals surface area contributed by atoms with Crippen molar-refractivity contribution in [2.75, 3.05) is 26.7 Å². The molecule has 3 nitrogen and oxygen atoms in total. The molecule has 16 heavy (non-hydrogen) atoms. The van der Waals surface area contributed by atoms with Gasteiger partial charge in [0.25, 0.3) is 0 Å². The van der Waals surface area contributed by atoms with E-state index >= 15 is 0 Å². The number of hydrogen-bond donors (Lipinski definition) is 1. The van der Waals surface area contributed by atoms with E-state index in [1.165, 1.54) is 11.1 Å². The Labute approximate surface area is 97.2 Å². The second-order valence-electron chi connectivity index (χ2n) is 4.52. The van der Waals surface area contributed by atoms with Crippen molar-refractivity contribution in [3.8, 4) is 0 Å². The van der Waals surface area contributed by atoms with Gasteiger partial charge in [-0.2, -0.15) is 0 Å². The zero-order chi connectivity index (χ0) is 11.4. The highest BCUT2D eigenvalue weighted by Crippen LogP contribution is 2.11. The molecule has 1 aliphatic rings. The molecule has 1 fully saturated rings. The van der Waals surface area contributed by atoms with Crippen molar-refractivity contribution in [2.24, 2.45) is 0 Å². The van der Waals surface area contributed by atoms with Gasteiger partial charge in [0.05, 0.1) is 0 Å². The molecule has 0 bridgehead atoms. The average Bonchev–Trinajstić information content (AvgIpc) is 2.15. The fraction of sp³-hybridized carbons (Fsp3) is 0.462. The molecule has 86 valence electrons. The normalized spacial score (nSPS) is 15.1. The molecule has 0 amide bonds. The first kappa shape index (κ1) is 11.3. The Balaban J connectivity index is 1.87. The van der Waals surface area contributed by atoms with Crippen LogP contribution in [0, 0.1) is 0 Å². The van der Waals surface area contributed by atoms with Gasteiger partial charge in [-0.1, -0.05) is 11.6 Å². The average molecular weight is 217 g/mol. The quantitative estimate of drug-likeness (QED) is 0.773. The summed E-state index contributed by atoms with van der Waals surface area (Å²) in [5, 5.41) is 3.28. The van der Waals surface area contributed by atoms with Crippen LogP contribution >= 0.6 is 0 Å². The molecule has 1 aromatic rings. The van der Waals surface area contributed by atoms with Gasteiger partial charge in [0.2, 0.25) is 0 Å². The molecule has 0 spiro atoms. The van der Waals surface area contributed by atoms with Crippen molar-refractivity contribution in [2.45, 2.75) is 13.5 Å². The maximum Gasteiger partial charge on any atom is 0.0312 e. The van der Waals surface area contributed by atoms with Crippen molar-refractivity contribution in [1.82, 2.24) is 15.2 Å². The molecule has 1 aliphatic heterocycles. The van der Waals surface area contributed by atoms with E-state index in [2.05, 4.69) is 35.2 Å². The number of likely N-dealkylation sites (N-methyl/N-ethyl adjacent to an activating group) is 1. The third-order valence-corrected chi connectivity index (χ3v) is 2.96. The predicted molar refractivity (Wildman–Crippen MR) is 66.1 cm³/mol. The van der Waals surface area contributed by atoms with Crippen LogP contribution in [0.2, 0.25) is 0 Å². The van der Waals surface area contributed by atoms with E-state index in [0.29, 0.717) is 0 Å². The Morgan fingerprint density at radius 1 is 1.50 bits per heavy atom. The molecule has 1 saturated heterocycles. The van der Waals surface area contributed by atoms with Crippen LogP contribution in [0.1, 0.15) is 12.5 Å². The van der Waals surface area contributed by atoms with Crippen LogP contribution in [0.25, 0.3) is 0 Å². The van der Waals surface area contributed by atoms with Crippen molar-refractivity contribution in [3.05, 3.63) is 41.2 Å². The Hall–Kier alpha value is -1.19. The van der Waals surface area contributed by atoms with Gasteiger partial charge in [0.1, 0.15) is 0 Å². The maximum absolute atomic E-state index is 4.13. The third-order valence-electron chi connectivity index (χ3n) is 2.96. The smallest absolute Gasteiger partial charge is 0.0312 e. The summed E-state index contributed by atoms with van der Waals surface area (Å²) in [7, 11) is 2.16. The van der Waals surface area contributed by atoms with Crippen LogP contribution in [-0.4, -0.2) is 36.6 Å². The van der Waals surface area contributed by atoms with Gasteiger partial charge in [0.15, 0.2) is 0 Å². The first-order valence-corrected chi connectivity index (χ1v) is 5.71. The molecule has 0 saturated carbocycles. The number of hydrogen-bond acceptors (Lipinski definition) is 3. The van der Waals surface area contributed by atoms with Crippen LogP contribution in [0.5, 0.6) is 0 Å². The third kappa shape index (κ3) is 2.90. The van der Waals surface area contributed by atoms with Crippen LogP contribution < -0.4 is 5.32 Å². The van der Waals surface area contributed by atoms with Gasteiger partial charge in [-0.25, -0.2) is 0 Å². The number of nitrogens with one attached hydrogen (secondary N) is 1. The standard InChI is InChI=1S/C13H19N3/c1-11(13-7-15-8-13)9-16(2)10-12-4-3-5-14-6-12/h3-6,15H,7-10H2,1-2H3. The topological polar surface area (TPSA) is 28.2 Å². The van der Waals surface area contributed by atoms with Crippen LogP contribution in [0.4, 0.5) is 0 Å². The maximum atomic E-state index is 4.13. The van der Waals surface area contributed by atoms with E-state index in [9.17, 15) is 0 Å². The van der Waals surface area contributed by atoms with Gasteiger partial charge in [-0.15, -0.1) is 0 Å². The Kier molecular flexibility index (Phi) is 3.70. The van der Waals surface area contributed by atoms with Gasteiger partial charge in [-0.3, -0.25) is 9.88 Å². The summed E-state index contributed by atoms with van der Waals surface area (Å²) in [5.41, 5.74) is 4.35. The summed E-state index contributed by atoms with van der Waals surface area (Å²) >= 11 is 0. The molecule has 1 N–H and O–H groups in total. The van der Waals surface area contributed by atoms with Crippen LogP contribution in [0.15, 0.2) is 35.7 Å². The number of pyridine rings is 1. The van der Waals surface area contributed by atoms with Gasteiger partial charge < -0.3 is 5.32 Å². The first-order valence-electron chi connectivity index (χ1n) is 5.71. The van der Waals surface area contributed by atoms with Crippen molar-refractivity contribution in [1.29, 1.82) is 0 Å². The minimum atomic E-state index is 0.964. The molecular formula is C13H19N3. The number of aromatic nitrogens is 1. The van der Waals surface area contributed by atoms with E-state index in [4.69, 9.17) is 0 Å². The second-order valence-corrected chi connectivity index (χ2v) is 4.52. The van der Waals surface area contributed by atoms with E-state index in [-0.39, 0.29) is 0 Å². The van der Waals surface area contributed by atoms with Crippen molar-refractivity contribution in [3.63, 3.8) is 0 Å². The Morgan fingerprint density at radius 2 is 2.31 bits per heavy atom. The summed E-state index contributed by atoms with van der Waals surface area (Å²) in [6, 6.07) is 4.11. The lowest BCUT2D eigenvalue weighted by Gasteiger charge is -2.25. The molecule has 2 rings (SSSR count). The fourth-order valence-corrected chi connectivity index (χ4v) is 1.93. The molecule has 3 heteroatoms. The summed E-state index contributed by atoms with van der Waals surface area (Å²) in [6.45, 7) is 6.40. The molecule has 0 aromatic carbocycles. The summed E-state index contributed by atoms with van der Waals surface area (Å²) in [4.78, 5) is 6.46. The van der Waals surface area contributed by atoms with E-state index in [1.54, 1.807) is 5.57 Å². The van der Waals surface area contributed by atoms with Crippen LogP contribution in [-0.2, 0) is 6.54 Å². The minimum absolute atomic E-state index is 0.964. The molecule has 0 aliphatic carbocycles. The van der Waals surface area contributed by atoms with E-state index < -0.39 is 0 Å². The largest absolute Gasteiger partial charge is 0.309 e. The summed E-state index contributed by atoms with van der Waals surface area (Å²) in [5.74, 6) is 0. The monoisotopic (exact) mass is 217 g/mol. The molecule has 2 heterocycles. The zero-order valence-corrected chi connectivity index (χ0v) is 10.0. The van der Waals surface area contributed by atoms with Crippen molar-refractivity contribution >= 4 is 0 Å². The van der Waals surface area contributed by atoms with Gasteiger partial charge >= 0.3 is 0 Å². The minimum Gasteiger partial charge on any atom is -0.309 e. The lowest BCUT2D eigenvalue weighted by molar-refractivity contribution is 0.352. The zero-order valence-electron chi connectivity index (χ0n) is 10.0. The number of nitrogens with zero attached hydrogens (tertiary/aromatic N) is 2. The highest BCUT2D eigenvalue weighted by molar-refractivity contribution is 5.22. The van der Waals surface area contributed by atoms with Crippen molar-refractivity contribution < 1.29 is 0 Å². The van der Waals surface area contributed by atoms with Gasteiger partial charge in [-0.05, 0) is 31.2 Å². The summed E-state index contributed by atoms with van der Waals surface area (Å²) in [6.07, 6.45) is 3.75. The highest BCUT2D eigenvalue weighted by atomic mass is 15.1.